The summed E-state index contributed by atoms with van der Waals surface area (Å²) in [5.41, 5.74) is 3.18. The fraction of sp³-hybridized carbons (Fsp3) is 0.200. The summed E-state index contributed by atoms with van der Waals surface area (Å²) in [7, 11) is 0. The largest absolute Gasteiger partial charge is 0.346 e. The fourth-order valence-electron chi connectivity index (χ4n) is 2.47. The van der Waals surface area contributed by atoms with Gasteiger partial charge in [0, 0.05) is 36.1 Å². The molecule has 0 radical (unpaired) electrons. The molecule has 96 valence electrons. The van der Waals surface area contributed by atoms with Gasteiger partial charge in [-0.2, -0.15) is 0 Å². The Kier molecular flexibility index (Phi) is 2.91. The van der Waals surface area contributed by atoms with E-state index in [1.54, 1.807) is 11.1 Å². The molecule has 0 aromatic carbocycles. The molecule has 2 aromatic heterocycles. The molecule has 0 spiro atoms. The summed E-state index contributed by atoms with van der Waals surface area (Å²) in [5.74, 6) is -0.0461. The van der Waals surface area contributed by atoms with Crippen molar-refractivity contribution in [3.8, 4) is 0 Å². The van der Waals surface area contributed by atoms with Gasteiger partial charge >= 0.3 is 0 Å². The van der Waals surface area contributed by atoms with Gasteiger partial charge in [-0.3, -0.25) is 4.79 Å². The molecule has 1 amide bonds. The molecule has 1 aliphatic heterocycles. The first-order valence-corrected chi connectivity index (χ1v) is 6.36. The van der Waals surface area contributed by atoms with Crippen LogP contribution in [0.1, 0.15) is 18.4 Å². The quantitative estimate of drug-likeness (QED) is 0.836. The van der Waals surface area contributed by atoms with Crippen LogP contribution in [0.25, 0.3) is 16.6 Å². The van der Waals surface area contributed by atoms with Crippen LogP contribution in [0.4, 0.5) is 0 Å². The predicted octanol–water partition coefficient (Wildman–Crippen LogP) is 2.71. The third-order valence-electron chi connectivity index (χ3n) is 3.41. The molecule has 1 N–H and O–H groups in total. The van der Waals surface area contributed by atoms with Crippen molar-refractivity contribution in [2.24, 2.45) is 0 Å². The molecule has 4 nitrogen and oxygen atoms in total. The lowest BCUT2D eigenvalue weighted by Gasteiger charge is -2.23. The summed E-state index contributed by atoms with van der Waals surface area (Å²) >= 11 is 0. The minimum atomic E-state index is -0.0461. The number of carbonyl (C=O) groups excluding carboxylic acids is 1. The van der Waals surface area contributed by atoms with Gasteiger partial charge in [-0.15, -0.1) is 0 Å². The van der Waals surface area contributed by atoms with Crippen molar-refractivity contribution >= 4 is 22.5 Å². The highest BCUT2D eigenvalue weighted by Gasteiger charge is 2.17. The van der Waals surface area contributed by atoms with Crippen LogP contribution in [0.15, 0.2) is 43.4 Å². The molecule has 3 rings (SSSR count). The second kappa shape index (κ2) is 4.72. The third kappa shape index (κ3) is 2.05. The van der Waals surface area contributed by atoms with Crippen molar-refractivity contribution in [2.45, 2.75) is 12.8 Å². The Morgan fingerprint density at radius 1 is 1.53 bits per heavy atom. The molecule has 0 saturated carbocycles. The molecule has 2 aromatic rings. The molecule has 0 bridgehead atoms. The first kappa shape index (κ1) is 11.7. The summed E-state index contributed by atoms with van der Waals surface area (Å²) in [6.45, 7) is 4.30. The van der Waals surface area contributed by atoms with Gasteiger partial charge in [-0.05, 0) is 36.6 Å². The van der Waals surface area contributed by atoms with Gasteiger partial charge in [-0.1, -0.05) is 6.58 Å². The van der Waals surface area contributed by atoms with Crippen LogP contribution in [0.5, 0.6) is 0 Å². The van der Waals surface area contributed by atoms with Gasteiger partial charge in [0.05, 0.1) is 0 Å². The summed E-state index contributed by atoms with van der Waals surface area (Å²) in [6.07, 6.45) is 8.97. The highest BCUT2D eigenvalue weighted by molar-refractivity contribution is 5.93. The number of pyridine rings is 1. The van der Waals surface area contributed by atoms with E-state index in [1.165, 1.54) is 11.6 Å². The zero-order valence-electron chi connectivity index (χ0n) is 10.6. The Hall–Kier alpha value is -2.36. The molecular weight excluding hydrogens is 238 g/mol. The smallest absolute Gasteiger partial charge is 0.249 e. The lowest BCUT2D eigenvalue weighted by molar-refractivity contribution is -0.123. The molecule has 19 heavy (non-hydrogen) atoms. The van der Waals surface area contributed by atoms with E-state index in [9.17, 15) is 4.79 Å². The van der Waals surface area contributed by atoms with Gasteiger partial charge in [0.25, 0.3) is 0 Å². The zero-order valence-corrected chi connectivity index (χ0v) is 10.6. The van der Waals surface area contributed by atoms with Gasteiger partial charge in [0.2, 0.25) is 5.91 Å². The maximum Gasteiger partial charge on any atom is 0.249 e. The Balaban J connectivity index is 2.03. The normalized spacial score (nSPS) is 15.4. The molecule has 0 unspecified atom stereocenters. The lowest BCUT2D eigenvalue weighted by Crippen LogP contribution is -2.27. The average Bonchev–Trinajstić information content (AvgIpc) is 2.90. The maximum atomic E-state index is 11.7. The highest BCUT2D eigenvalue weighted by atomic mass is 16.2. The van der Waals surface area contributed by atoms with E-state index in [1.807, 2.05) is 24.5 Å². The predicted molar refractivity (Wildman–Crippen MR) is 75.2 cm³/mol. The molecule has 0 saturated heterocycles. The summed E-state index contributed by atoms with van der Waals surface area (Å²) in [6, 6.07) is 3.97. The number of nitrogens with one attached hydrogen (secondary N) is 1. The number of amides is 1. The van der Waals surface area contributed by atoms with Crippen LogP contribution in [0.2, 0.25) is 0 Å². The lowest BCUT2D eigenvalue weighted by atomic mass is 9.99. The van der Waals surface area contributed by atoms with Crippen LogP contribution in [0, 0.1) is 0 Å². The van der Waals surface area contributed by atoms with Gasteiger partial charge in [0.15, 0.2) is 0 Å². The summed E-state index contributed by atoms with van der Waals surface area (Å²) in [5, 5.41) is 1.10. The number of hydrogen-bond acceptors (Lipinski definition) is 2. The molecule has 0 aliphatic carbocycles. The topological polar surface area (TPSA) is 49.0 Å². The van der Waals surface area contributed by atoms with Crippen molar-refractivity contribution in [2.75, 3.05) is 6.54 Å². The van der Waals surface area contributed by atoms with Crippen molar-refractivity contribution in [3.05, 3.63) is 48.9 Å². The van der Waals surface area contributed by atoms with Gasteiger partial charge in [0.1, 0.15) is 5.65 Å². The minimum Gasteiger partial charge on any atom is -0.346 e. The van der Waals surface area contributed by atoms with E-state index in [0.29, 0.717) is 0 Å². The molecule has 3 heterocycles. The number of rotatable bonds is 2. The second-order valence-electron chi connectivity index (χ2n) is 4.60. The van der Waals surface area contributed by atoms with E-state index >= 15 is 0 Å². The Morgan fingerprint density at radius 2 is 2.42 bits per heavy atom. The van der Waals surface area contributed by atoms with E-state index in [0.717, 1.165) is 36.0 Å². The Labute approximate surface area is 111 Å². The monoisotopic (exact) mass is 253 g/mol. The molecule has 4 heteroatoms. The first-order valence-electron chi connectivity index (χ1n) is 6.36. The van der Waals surface area contributed by atoms with E-state index in [2.05, 4.69) is 16.5 Å². The van der Waals surface area contributed by atoms with Crippen LogP contribution in [-0.4, -0.2) is 27.3 Å². The van der Waals surface area contributed by atoms with E-state index < -0.39 is 0 Å². The number of aromatic amines is 1. The van der Waals surface area contributed by atoms with Crippen molar-refractivity contribution in [1.82, 2.24) is 14.9 Å². The number of hydrogen-bond donors (Lipinski definition) is 1. The second-order valence-corrected chi connectivity index (χ2v) is 4.60. The van der Waals surface area contributed by atoms with Crippen molar-refractivity contribution in [1.29, 1.82) is 0 Å². The first-order chi connectivity index (χ1) is 9.29. The summed E-state index contributed by atoms with van der Waals surface area (Å²) in [4.78, 5) is 20.9. The highest BCUT2D eigenvalue weighted by Crippen LogP contribution is 2.29. The summed E-state index contributed by atoms with van der Waals surface area (Å²) < 4.78 is 0. The van der Waals surface area contributed by atoms with Crippen LogP contribution in [-0.2, 0) is 4.79 Å². The average molecular weight is 253 g/mol. The molecular formula is C15H15N3O. The van der Waals surface area contributed by atoms with Crippen molar-refractivity contribution in [3.63, 3.8) is 0 Å². The number of fused-ring (bicyclic) bond motifs is 1. The SMILES string of the molecule is C=CC(=O)N1C=C(c2c[nH]c3ncccc23)CCC1. The molecule has 1 aliphatic rings. The number of carbonyl (C=O) groups is 1. The fourth-order valence-corrected chi connectivity index (χ4v) is 2.47. The van der Waals surface area contributed by atoms with Crippen LogP contribution >= 0.6 is 0 Å². The standard InChI is InChI=1S/C15H15N3O/c1-2-14(19)18-8-4-5-11(10-18)13-9-17-15-12(13)6-3-7-16-15/h2-3,6-7,9-10H,1,4-5,8H2,(H,16,17). The number of aromatic nitrogens is 2. The van der Waals surface area contributed by atoms with Crippen LogP contribution < -0.4 is 0 Å². The Bertz CT molecular complexity index is 669. The number of nitrogens with zero attached hydrogens (tertiary/aromatic N) is 2. The maximum absolute atomic E-state index is 11.7. The molecule has 0 fully saturated rings. The van der Waals surface area contributed by atoms with E-state index in [-0.39, 0.29) is 5.91 Å². The third-order valence-corrected chi connectivity index (χ3v) is 3.41. The zero-order chi connectivity index (χ0) is 13.2. The number of allylic oxidation sites excluding steroid dienone is 1. The van der Waals surface area contributed by atoms with E-state index in [4.69, 9.17) is 0 Å². The van der Waals surface area contributed by atoms with Crippen LogP contribution in [0.3, 0.4) is 0 Å². The Morgan fingerprint density at radius 3 is 3.26 bits per heavy atom. The minimum absolute atomic E-state index is 0.0461. The van der Waals surface area contributed by atoms with Crippen molar-refractivity contribution < 1.29 is 4.79 Å². The number of H-pyrrole nitrogens is 1. The van der Waals surface area contributed by atoms with Gasteiger partial charge < -0.3 is 9.88 Å². The van der Waals surface area contributed by atoms with Gasteiger partial charge in [-0.25, -0.2) is 4.98 Å². The molecule has 0 atom stereocenters.